The van der Waals surface area contributed by atoms with Gasteiger partial charge in [-0.05, 0) is 33.2 Å². The van der Waals surface area contributed by atoms with Gasteiger partial charge in [0.05, 0.1) is 0 Å². The Balaban J connectivity index is 2.76. The van der Waals surface area contributed by atoms with E-state index in [-0.39, 0.29) is 5.37 Å². The van der Waals surface area contributed by atoms with E-state index in [1.807, 2.05) is 38.1 Å². The van der Waals surface area contributed by atoms with Crippen molar-refractivity contribution in [1.29, 1.82) is 0 Å². The smallest absolute Gasteiger partial charge is 0.131 e. The third-order valence-corrected chi connectivity index (χ3v) is 2.22. The molecule has 62 valence electrons. The molecule has 0 aliphatic rings. The third-order valence-electron chi connectivity index (χ3n) is 1.50. The zero-order valence-corrected chi connectivity index (χ0v) is 7.93. The first-order valence-electron chi connectivity index (χ1n) is 3.52. The van der Waals surface area contributed by atoms with E-state index in [2.05, 4.69) is 12.6 Å². The van der Waals surface area contributed by atoms with Crippen LogP contribution >= 0.6 is 12.6 Å². The topological polar surface area (TPSA) is 16.4 Å². The molecule has 1 atom stereocenters. The number of hydrogen-bond donors (Lipinski definition) is 1. The zero-order chi connectivity index (χ0) is 8.43. The van der Waals surface area contributed by atoms with Crippen LogP contribution in [0.1, 0.15) is 16.9 Å². The van der Waals surface area contributed by atoms with E-state index in [1.54, 1.807) is 0 Å². The van der Waals surface area contributed by atoms with Gasteiger partial charge in [-0.25, -0.2) is 0 Å². The van der Waals surface area contributed by atoms with Gasteiger partial charge in [-0.1, -0.05) is 0 Å². The Morgan fingerprint density at radius 1 is 1.45 bits per heavy atom. The number of rotatable bonds is 2. The molecule has 0 fully saturated rings. The molecular weight excluding hydrogens is 158 g/mol. The summed E-state index contributed by atoms with van der Waals surface area (Å²) >= 11 is 4.36. The summed E-state index contributed by atoms with van der Waals surface area (Å²) in [6, 6.07) is 3.90. The molecule has 0 spiro atoms. The minimum Gasteiger partial charge on any atom is -0.464 e. The van der Waals surface area contributed by atoms with Gasteiger partial charge in [-0.2, -0.15) is 12.6 Å². The molecule has 0 aliphatic heterocycles. The van der Waals surface area contributed by atoms with Crippen LogP contribution < -0.4 is 0 Å². The number of aryl methyl sites for hydroxylation is 1. The predicted octanol–water partition coefficient (Wildman–Crippen LogP) is 2.08. The van der Waals surface area contributed by atoms with E-state index in [1.165, 1.54) is 0 Å². The Kier molecular flexibility index (Phi) is 2.62. The molecule has 1 heterocycles. The highest BCUT2D eigenvalue weighted by Gasteiger charge is 2.11. The van der Waals surface area contributed by atoms with Crippen LogP contribution in [0.25, 0.3) is 0 Å². The van der Waals surface area contributed by atoms with Crippen LogP contribution in [0.4, 0.5) is 0 Å². The summed E-state index contributed by atoms with van der Waals surface area (Å²) in [5.74, 6) is 1.83. The first-order chi connectivity index (χ1) is 5.11. The van der Waals surface area contributed by atoms with E-state index >= 15 is 0 Å². The second kappa shape index (κ2) is 3.32. The molecule has 0 radical (unpaired) electrons. The fourth-order valence-corrected chi connectivity index (χ4v) is 0.985. The average molecular weight is 171 g/mol. The number of furan rings is 1. The molecule has 3 heteroatoms. The Morgan fingerprint density at radius 3 is 2.45 bits per heavy atom. The Hall–Kier alpha value is -0.410. The highest BCUT2D eigenvalue weighted by atomic mass is 32.1. The molecule has 0 N–H and O–H groups in total. The van der Waals surface area contributed by atoms with Gasteiger partial charge in [0.25, 0.3) is 0 Å². The van der Waals surface area contributed by atoms with Crippen molar-refractivity contribution >= 4 is 12.6 Å². The van der Waals surface area contributed by atoms with Gasteiger partial charge >= 0.3 is 0 Å². The van der Waals surface area contributed by atoms with Gasteiger partial charge in [0.15, 0.2) is 0 Å². The van der Waals surface area contributed by atoms with Crippen LogP contribution in [0.5, 0.6) is 0 Å². The minimum atomic E-state index is 0.0590. The lowest BCUT2D eigenvalue weighted by Gasteiger charge is -2.15. The van der Waals surface area contributed by atoms with Crippen LogP contribution in [-0.2, 0) is 0 Å². The van der Waals surface area contributed by atoms with Crippen LogP contribution in [0.3, 0.4) is 0 Å². The van der Waals surface area contributed by atoms with E-state index < -0.39 is 0 Å². The fourth-order valence-electron chi connectivity index (χ4n) is 0.847. The normalized spacial score (nSPS) is 13.9. The lowest BCUT2D eigenvalue weighted by molar-refractivity contribution is 0.337. The second-order valence-corrected chi connectivity index (χ2v) is 3.27. The van der Waals surface area contributed by atoms with Crippen molar-refractivity contribution < 1.29 is 4.42 Å². The van der Waals surface area contributed by atoms with Crippen molar-refractivity contribution in [3.8, 4) is 0 Å². The molecule has 1 aromatic rings. The first kappa shape index (κ1) is 8.68. The summed E-state index contributed by atoms with van der Waals surface area (Å²) in [6.45, 7) is 1.93. The van der Waals surface area contributed by atoms with Gasteiger partial charge in [0, 0.05) is 0 Å². The van der Waals surface area contributed by atoms with Gasteiger partial charge in [-0.3, -0.25) is 4.90 Å². The van der Waals surface area contributed by atoms with Crippen molar-refractivity contribution in [1.82, 2.24) is 4.90 Å². The van der Waals surface area contributed by atoms with Gasteiger partial charge < -0.3 is 4.42 Å². The first-order valence-corrected chi connectivity index (χ1v) is 4.03. The maximum Gasteiger partial charge on any atom is 0.131 e. The molecule has 0 saturated carbocycles. The van der Waals surface area contributed by atoms with Gasteiger partial charge in [-0.15, -0.1) is 0 Å². The molecule has 0 amide bonds. The SMILES string of the molecule is Cc1ccc(C(S)N(C)C)o1. The van der Waals surface area contributed by atoms with Crippen LogP contribution in [0, 0.1) is 6.92 Å². The van der Waals surface area contributed by atoms with E-state index in [0.717, 1.165) is 11.5 Å². The second-order valence-electron chi connectivity index (χ2n) is 2.79. The fraction of sp³-hybridized carbons (Fsp3) is 0.500. The summed E-state index contributed by atoms with van der Waals surface area (Å²) in [5, 5.41) is 0.0590. The number of hydrogen-bond acceptors (Lipinski definition) is 3. The molecule has 0 saturated heterocycles. The minimum absolute atomic E-state index is 0.0590. The van der Waals surface area contributed by atoms with Crippen LogP contribution in [-0.4, -0.2) is 19.0 Å². The van der Waals surface area contributed by atoms with E-state index in [0.29, 0.717) is 0 Å². The molecule has 0 bridgehead atoms. The molecule has 0 aliphatic carbocycles. The van der Waals surface area contributed by atoms with E-state index in [9.17, 15) is 0 Å². The monoisotopic (exact) mass is 171 g/mol. The largest absolute Gasteiger partial charge is 0.464 e. The highest BCUT2D eigenvalue weighted by Crippen LogP contribution is 2.23. The van der Waals surface area contributed by atoms with E-state index in [4.69, 9.17) is 4.42 Å². The summed E-state index contributed by atoms with van der Waals surface area (Å²) in [4.78, 5) is 1.99. The summed E-state index contributed by atoms with van der Waals surface area (Å²) in [5.41, 5.74) is 0. The summed E-state index contributed by atoms with van der Waals surface area (Å²) < 4.78 is 5.39. The molecule has 2 nitrogen and oxygen atoms in total. The third kappa shape index (κ3) is 2.01. The Morgan fingerprint density at radius 2 is 2.09 bits per heavy atom. The number of thiol groups is 1. The van der Waals surface area contributed by atoms with Crippen molar-refractivity contribution in [2.75, 3.05) is 14.1 Å². The standard InChI is InChI=1S/C8H13NOS/c1-6-4-5-7(10-6)8(11)9(2)3/h4-5,8,11H,1-3H3. The molecule has 1 aromatic heterocycles. The summed E-state index contributed by atoms with van der Waals surface area (Å²) in [7, 11) is 3.94. The average Bonchev–Trinajstić information content (AvgIpc) is 2.34. The van der Waals surface area contributed by atoms with Crippen LogP contribution in [0.15, 0.2) is 16.5 Å². The van der Waals surface area contributed by atoms with Gasteiger partial charge in [0.1, 0.15) is 16.9 Å². The van der Waals surface area contributed by atoms with Crippen molar-refractivity contribution in [2.24, 2.45) is 0 Å². The van der Waals surface area contributed by atoms with Crippen molar-refractivity contribution in [3.05, 3.63) is 23.7 Å². The lowest BCUT2D eigenvalue weighted by Crippen LogP contribution is -2.13. The molecule has 11 heavy (non-hydrogen) atoms. The number of nitrogens with zero attached hydrogens (tertiary/aromatic N) is 1. The van der Waals surface area contributed by atoms with Gasteiger partial charge in [0.2, 0.25) is 0 Å². The lowest BCUT2D eigenvalue weighted by atomic mass is 10.4. The molecule has 1 rings (SSSR count). The quantitative estimate of drug-likeness (QED) is 0.542. The molecule has 0 aromatic carbocycles. The Bertz CT molecular complexity index is 232. The van der Waals surface area contributed by atoms with Crippen molar-refractivity contribution in [2.45, 2.75) is 12.3 Å². The predicted molar refractivity (Wildman–Crippen MR) is 48.9 cm³/mol. The van der Waals surface area contributed by atoms with Crippen molar-refractivity contribution in [3.63, 3.8) is 0 Å². The zero-order valence-electron chi connectivity index (χ0n) is 7.03. The Labute approximate surface area is 72.6 Å². The molecular formula is C8H13NOS. The maximum atomic E-state index is 5.39. The summed E-state index contributed by atoms with van der Waals surface area (Å²) in [6.07, 6.45) is 0. The van der Waals surface area contributed by atoms with Crippen LogP contribution in [0.2, 0.25) is 0 Å². The highest BCUT2D eigenvalue weighted by molar-refractivity contribution is 7.80. The maximum absolute atomic E-state index is 5.39. The molecule has 1 unspecified atom stereocenters.